The van der Waals surface area contributed by atoms with E-state index in [9.17, 15) is 4.79 Å². The smallest absolute Gasteiger partial charge is 0.254 e. The molecule has 0 N–H and O–H groups in total. The lowest BCUT2D eigenvalue weighted by molar-refractivity contribution is 0.0767. The van der Waals surface area contributed by atoms with Crippen LogP contribution in [0.2, 0.25) is 0 Å². The number of carbonyl (C=O) groups excluding carboxylic acids is 1. The number of pyridine rings is 1. The lowest BCUT2D eigenvalue weighted by atomic mass is 10.1. The molecule has 1 fully saturated rings. The predicted molar refractivity (Wildman–Crippen MR) is 111 cm³/mol. The Balaban J connectivity index is 1.49. The summed E-state index contributed by atoms with van der Waals surface area (Å²) in [5, 5.41) is 0. The second-order valence-electron chi connectivity index (χ2n) is 6.86. The average molecular weight is 389 g/mol. The van der Waals surface area contributed by atoms with Crippen molar-refractivity contribution >= 4 is 11.7 Å². The first-order valence-electron chi connectivity index (χ1n) is 9.65. The van der Waals surface area contributed by atoms with Gasteiger partial charge >= 0.3 is 0 Å². The zero-order valence-corrected chi connectivity index (χ0v) is 16.4. The molecule has 0 spiro atoms. The Hall–Kier alpha value is -3.48. The lowest BCUT2D eigenvalue weighted by Crippen LogP contribution is -2.35. The summed E-state index contributed by atoms with van der Waals surface area (Å²) in [6.45, 7) is 2.95. The van der Waals surface area contributed by atoms with Gasteiger partial charge in [-0.2, -0.15) is 0 Å². The van der Waals surface area contributed by atoms with Crippen molar-refractivity contribution in [1.82, 2.24) is 19.9 Å². The van der Waals surface area contributed by atoms with Crippen LogP contribution in [0.5, 0.6) is 5.75 Å². The van der Waals surface area contributed by atoms with Gasteiger partial charge in [0.05, 0.1) is 12.8 Å². The highest BCUT2D eigenvalue weighted by Crippen LogP contribution is 2.25. The molecule has 1 aliphatic rings. The van der Waals surface area contributed by atoms with Crippen LogP contribution < -0.4 is 9.64 Å². The number of rotatable bonds is 4. The largest absolute Gasteiger partial charge is 0.497 e. The minimum absolute atomic E-state index is 0.0500. The molecule has 0 aliphatic carbocycles. The first-order valence-corrected chi connectivity index (χ1v) is 9.65. The lowest BCUT2D eigenvalue weighted by Gasteiger charge is -2.23. The van der Waals surface area contributed by atoms with Gasteiger partial charge in [0.1, 0.15) is 17.9 Å². The third kappa shape index (κ3) is 4.34. The van der Waals surface area contributed by atoms with Crippen molar-refractivity contribution in [2.75, 3.05) is 38.2 Å². The molecule has 1 aromatic carbocycles. The molecule has 2 aromatic heterocycles. The fourth-order valence-electron chi connectivity index (χ4n) is 3.49. The summed E-state index contributed by atoms with van der Waals surface area (Å²) in [6, 6.07) is 13.3. The number of carbonyl (C=O) groups is 1. The van der Waals surface area contributed by atoms with Gasteiger partial charge in [0.2, 0.25) is 0 Å². The predicted octanol–water partition coefficient (Wildman–Crippen LogP) is 2.90. The maximum atomic E-state index is 12.7. The summed E-state index contributed by atoms with van der Waals surface area (Å²) in [5.74, 6) is 1.72. The Labute approximate surface area is 170 Å². The number of nitrogens with zero attached hydrogens (tertiary/aromatic N) is 5. The van der Waals surface area contributed by atoms with Crippen molar-refractivity contribution in [1.29, 1.82) is 0 Å². The highest BCUT2D eigenvalue weighted by Gasteiger charge is 2.21. The van der Waals surface area contributed by atoms with E-state index < -0.39 is 0 Å². The number of methoxy groups -OCH3 is 1. The van der Waals surface area contributed by atoms with Crippen LogP contribution in [0.1, 0.15) is 16.8 Å². The van der Waals surface area contributed by atoms with Gasteiger partial charge in [-0.25, -0.2) is 9.97 Å². The minimum atomic E-state index is 0.0500. The summed E-state index contributed by atoms with van der Waals surface area (Å²) >= 11 is 0. The number of amides is 1. The van der Waals surface area contributed by atoms with Gasteiger partial charge in [0.15, 0.2) is 0 Å². The molecule has 1 saturated heterocycles. The van der Waals surface area contributed by atoms with Crippen LogP contribution in [0, 0.1) is 0 Å². The number of ether oxygens (including phenoxy) is 1. The molecule has 0 atom stereocenters. The molecule has 0 bridgehead atoms. The Morgan fingerprint density at radius 3 is 2.69 bits per heavy atom. The Bertz CT molecular complexity index is 980. The van der Waals surface area contributed by atoms with E-state index in [4.69, 9.17) is 4.74 Å². The molecule has 1 amide bonds. The molecular formula is C22H23N5O2. The molecule has 3 heterocycles. The Kier molecular flexibility index (Phi) is 5.65. The van der Waals surface area contributed by atoms with Crippen LogP contribution in [-0.4, -0.2) is 59.0 Å². The van der Waals surface area contributed by atoms with Crippen molar-refractivity contribution in [2.45, 2.75) is 6.42 Å². The topological polar surface area (TPSA) is 71.5 Å². The molecule has 7 nitrogen and oxygen atoms in total. The number of anilines is 1. The number of benzene rings is 1. The quantitative estimate of drug-likeness (QED) is 0.683. The maximum absolute atomic E-state index is 12.7. The summed E-state index contributed by atoms with van der Waals surface area (Å²) in [4.78, 5) is 29.7. The van der Waals surface area contributed by atoms with Crippen molar-refractivity contribution in [2.24, 2.45) is 0 Å². The Morgan fingerprint density at radius 1 is 1.00 bits per heavy atom. The van der Waals surface area contributed by atoms with Gasteiger partial charge in [0, 0.05) is 55.8 Å². The minimum Gasteiger partial charge on any atom is -0.497 e. The molecule has 1 aliphatic heterocycles. The first-order chi connectivity index (χ1) is 14.2. The van der Waals surface area contributed by atoms with Gasteiger partial charge in [-0.15, -0.1) is 0 Å². The molecule has 7 heteroatoms. The summed E-state index contributed by atoms with van der Waals surface area (Å²) < 4.78 is 5.31. The van der Waals surface area contributed by atoms with E-state index in [2.05, 4.69) is 19.9 Å². The summed E-state index contributed by atoms with van der Waals surface area (Å²) in [7, 11) is 1.65. The second-order valence-corrected chi connectivity index (χ2v) is 6.86. The van der Waals surface area contributed by atoms with Gasteiger partial charge in [-0.1, -0.05) is 12.1 Å². The maximum Gasteiger partial charge on any atom is 0.254 e. The molecule has 29 heavy (non-hydrogen) atoms. The zero-order chi connectivity index (χ0) is 20.1. The third-order valence-corrected chi connectivity index (χ3v) is 5.05. The van der Waals surface area contributed by atoms with Crippen LogP contribution in [0.15, 0.2) is 61.2 Å². The third-order valence-electron chi connectivity index (χ3n) is 5.05. The van der Waals surface area contributed by atoms with Crippen LogP contribution in [0.3, 0.4) is 0 Å². The SMILES string of the molecule is COc1cccc(-c2cc(N3CCCN(C(=O)c4ccncc4)CC3)ncn2)c1. The van der Waals surface area contributed by atoms with E-state index in [0.29, 0.717) is 12.1 Å². The van der Waals surface area contributed by atoms with Gasteiger partial charge in [-0.05, 0) is 30.7 Å². The van der Waals surface area contributed by atoms with Crippen molar-refractivity contribution in [3.63, 3.8) is 0 Å². The highest BCUT2D eigenvalue weighted by atomic mass is 16.5. The van der Waals surface area contributed by atoms with E-state index in [-0.39, 0.29) is 5.91 Å². The monoisotopic (exact) mass is 389 g/mol. The van der Waals surface area contributed by atoms with E-state index in [1.54, 1.807) is 38.0 Å². The molecule has 0 radical (unpaired) electrons. The van der Waals surface area contributed by atoms with Gasteiger partial charge in [0.25, 0.3) is 5.91 Å². The van der Waals surface area contributed by atoms with E-state index in [1.165, 1.54) is 0 Å². The molecule has 148 valence electrons. The molecule has 0 unspecified atom stereocenters. The average Bonchev–Trinajstić information content (AvgIpc) is 3.06. The first kappa shape index (κ1) is 18.9. The fourth-order valence-corrected chi connectivity index (χ4v) is 3.49. The molecule has 4 rings (SSSR count). The fraction of sp³-hybridized carbons (Fsp3) is 0.273. The number of hydrogen-bond donors (Lipinski definition) is 0. The van der Waals surface area contributed by atoms with E-state index in [0.717, 1.165) is 48.9 Å². The highest BCUT2D eigenvalue weighted by molar-refractivity contribution is 5.94. The number of hydrogen-bond acceptors (Lipinski definition) is 6. The zero-order valence-electron chi connectivity index (χ0n) is 16.4. The Morgan fingerprint density at radius 2 is 1.86 bits per heavy atom. The van der Waals surface area contributed by atoms with Crippen LogP contribution in [-0.2, 0) is 0 Å². The van der Waals surface area contributed by atoms with E-state index >= 15 is 0 Å². The normalized spacial score (nSPS) is 14.4. The van der Waals surface area contributed by atoms with Crippen LogP contribution in [0.25, 0.3) is 11.3 Å². The van der Waals surface area contributed by atoms with Gasteiger partial charge < -0.3 is 14.5 Å². The van der Waals surface area contributed by atoms with Crippen molar-refractivity contribution in [3.8, 4) is 17.0 Å². The number of aromatic nitrogens is 3. The summed E-state index contributed by atoms with van der Waals surface area (Å²) in [5.41, 5.74) is 2.51. The van der Waals surface area contributed by atoms with Gasteiger partial charge in [-0.3, -0.25) is 9.78 Å². The van der Waals surface area contributed by atoms with Crippen LogP contribution >= 0.6 is 0 Å². The van der Waals surface area contributed by atoms with Crippen molar-refractivity contribution < 1.29 is 9.53 Å². The molecule has 3 aromatic rings. The summed E-state index contributed by atoms with van der Waals surface area (Å²) in [6.07, 6.45) is 5.78. The van der Waals surface area contributed by atoms with Crippen LogP contribution in [0.4, 0.5) is 5.82 Å². The molecule has 0 saturated carbocycles. The van der Waals surface area contributed by atoms with Crippen molar-refractivity contribution in [3.05, 3.63) is 66.7 Å². The van der Waals surface area contributed by atoms with E-state index in [1.807, 2.05) is 35.2 Å². The molecular weight excluding hydrogens is 366 g/mol. The standard InChI is InChI=1S/C22H23N5O2/c1-29-19-5-2-4-18(14-19)20-15-21(25-16-24-20)26-10-3-11-27(13-12-26)22(28)17-6-8-23-9-7-17/h2,4-9,14-16H,3,10-13H2,1H3. The second kappa shape index (κ2) is 8.68.